The molecule has 2 amide bonds. The first-order valence-electron chi connectivity index (χ1n) is 11.8. The molecule has 0 saturated carbocycles. The number of nitrogens with one attached hydrogen (secondary N) is 3. The molecular formula is C28H31N5O2. The molecule has 0 fully saturated rings. The molecule has 2 heterocycles. The van der Waals surface area contributed by atoms with Crippen molar-refractivity contribution in [3.63, 3.8) is 0 Å². The van der Waals surface area contributed by atoms with E-state index in [0.717, 1.165) is 34.6 Å². The van der Waals surface area contributed by atoms with Crippen LogP contribution >= 0.6 is 0 Å². The van der Waals surface area contributed by atoms with Crippen molar-refractivity contribution in [2.75, 3.05) is 17.2 Å². The highest BCUT2D eigenvalue weighted by Gasteiger charge is 2.38. The third kappa shape index (κ3) is 4.75. The maximum absolute atomic E-state index is 12.4. The van der Waals surface area contributed by atoms with Crippen LogP contribution in [0.15, 0.2) is 78.2 Å². The molecule has 2 aromatic carbocycles. The number of carbonyl (C=O) groups excluding carboxylic acids is 2. The Labute approximate surface area is 206 Å². The van der Waals surface area contributed by atoms with Gasteiger partial charge in [-0.2, -0.15) is 0 Å². The van der Waals surface area contributed by atoms with Gasteiger partial charge in [0.25, 0.3) is 5.91 Å². The van der Waals surface area contributed by atoms with Gasteiger partial charge in [0.2, 0.25) is 5.91 Å². The molecule has 180 valence electrons. The van der Waals surface area contributed by atoms with Crippen LogP contribution in [0.5, 0.6) is 0 Å². The second-order valence-corrected chi connectivity index (χ2v) is 9.11. The lowest BCUT2D eigenvalue weighted by Gasteiger charge is -2.26. The number of aliphatic imine (C=N–C) groups is 1. The Hall–Kier alpha value is -4.13. The smallest absolute Gasteiger partial charge is 0.251 e. The molecule has 0 atom stereocenters. The lowest BCUT2D eigenvalue weighted by atomic mass is 9.86. The van der Waals surface area contributed by atoms with Crippen LogP contribution in [0, 0.1) is 0 Å². The molecule has 0 unspecified atom stereocenters. The first-order valence-corrected chi connectivity index (χ1v) is 11.8. The molecule has 7 nitrogen and oxygen atoms in total. The molecule has 0 radical (unpaired) electrons. The van der Waals surface area contributed by atoms with Crippen molar-refractivity contribution in [1.82, 2.24) is 10.2 Å². The molecule has 2 aliphatic heterocycles. The number of nitrogens with zero attached hydrogens (tertiary/aromatic N) is 2. The Balaban J connectivity index is 1.62. The van der Waals surface area contributed by atoms with Gasteiger partial charge in [-0.1, -0.05) is 31.7 Å². The number of amidine groups is 1. The normalized spacial score (nSPS) is 16.5. The minimum atomic E-state index is -0.560. The summed E-state index contributed by atoms with van der Waals surface area (Å²) in [5.74, 6) is 0.492. The molecule has 0 bridgehead atoms. The summed E-state index contributed by atoms with van der Waals surface area (Å²) in [5.41, 5.74) is 4.92. The van der Waals surface area contributed by atoms with E-state index in [1.807, 2.05) is 81.4 Å². The Morgan fingerprint density at radius 3 is 2.63 bits per heavy atom. The van der Waals surface area contributed by atoms with E-state index in [0.29, 0.717) is 23.6 Å². The Bertz CT molecular complexity index is 1270. The van der Waals surface area contributed by atoms with Crippen molar-refractivity contribution >= 4 is 34.7 Å². The number of hydrogen-bond acceptors (Lipinski definition) is 5. The summed E-state index contributed by atoms with van der Waals surface area (Å²) >= 11 is 0. The summed E-state index contributed by atoms with van der Waals surface area (Å²) in [6.45, 7) is 12.6. The van der Waals surface area contributed by atoms with Crippen molar-refractivity contribution in [2.24, 2.45) is 4.99 Å². The van der Waals surface area contributed by atoms with Gasteiger partial charge in [0.15, 0.2) is 5.84 Å². The maximum atomic E-state index is 12.4. The zero-order chi connectivity index (χ0) is 25.2. The molecule has 0 aliphatic carbocycles. The molecule has 7 heteroatoms. The highest BCUT2D eigenvalue weighted by Crippen LogP contribution is 2.39. The van der Waals surface area contributed by atoms with Gasteiger partial charge in [0.1, 0.15) is 0 Å². The highest BCUT2D eigenvalue weighted by molar-refractivity contribution is 6.11. The van der Waals surface area contributed by atoms with Gasteiger partial charge >= 0.3 is 0 Å². The fourth-order valence-corrected chi connectivity index (χ4v) is 4.01. The molecule has 0 aromatic heterocycles. The number of hydrogen-bond donors (Lipinski definition) is 3. The second kappa shape index (κ2) is 9.62. The lowest BCUT2D eigenvalue weighted by molar-refractivity contribution is -0.119. The first kappa shape index (κ1) is 24.0. The zero-order valence-corrected chi connectivity index (χ0v) is 20.6. The number of anilines is 2. The van der Waals surface area contributed by atoms with Crippen LogP contribution in [0.2, 0.25) is 0 Å². The third-order valence-electron chi connectivity index (χ3n) is 6.14. The molecule has 4 rings (SSSR count). The van der Waals surface area contributed by atoms with Gasteiger partial charge in [-0.25, -0.2) is 4.99 Å². The predicted octanol–water partition coefficient (Wildman–Crippen LogP) is 5.23. The van der Waals surface area contributed by atoms with Crippen LogP contribution in [-0.2, 0) is 10.2 Å². The number of benzene rings is 2. The van der Waals surface area contributed by atoms with Crippen molar-refractivity contribution in [1.29, 1.82) is 0 Å². The first-order chi connectivity index (χ1) is 16.7. The molecule has 35 heavy (non-hydrogen) atoms. The van der Waals surface area contributed by atoms with Crippen molar-refractivity contribution in [2.45, 2.75) is 39.5 Å². The van der Waals surface area contributed by atoms with Crippen LogP contribution in [-0.4, -0.2) is 29.1 Å². The Morgan fingerprint density at radius 1 is 1.20 bits per heavy atom. The molecule has 2 aliphatic rings. The van der Waals surface area contributed by atoms with Crippen LogP contribution in [0.25, 0.3) is 5.70 Å². The van der Waals surface area contributed by atoms with E-state index >= 15 is 0 Å². The minimum absolute atomic E-state index is 0.0103. The standard InChI is InChI=1S/C28H31N5O2/c1-6-14-29-26(34)19-8-11-21(12-9-19)30-25-18(3)33(15-7-2)17-24(31-25)20-10-13-22-23(16-20)32-27(35)28(22,4)5/h7-13,15-17H,3,6,14H2,1-2,4-5H3,(H,29,34)(H,30,31)(H,32,35)/b15-7-. The van der Waals surface area contributed by atoms with Gasteiger partial charge in [-0.3, -0.25) is 9.59 Å². The van der Waals surface area contributed by atoms with E-state index < -0.39 is 5.41 Å². The zero-order valence-electron chi connectivity index (χ0n) is 20.6. The van der Waals surface area contributed by atoms with Gasteiger partial charge < -0.3 is 20.9 Å². The summed E-state index contributed by atoms with van der Waals surface area (Å²) in [4.78, 5) is 31.3. The fourth-order valence-electron chi connectivity index (χ4n) is 4.01. The summed E-state index contributed by atoms with van der Waals surface area (Å²) < 4.78 is 0. The SMILES string of the molecule is C=C1C(Nc2ccc(C(=O)NCCC)cc2)=NC(c2ccc3c(c2)NC(=O)C3(C)C)=CN1/C=C\C. The van der Waals surface area contributed by atoms with Crippen molar-refractivity contribution in [3.05, 3.63) is 89.9 Å². The number of allylic oxidation sites excluding steroid dienone is 1. The topological polar surface area (TPSA) is 85.8 Å². The third-order valence-corrected chi connectivity index (χ3v) is 6.14. The van der Waals surface area contributed by atoms with E-state index in [9.17, 15) is 9.59 Å². The summed E-state index contributed by atoms with van der Waals surface area (Å²) in [6, 6.07) is 13.2. The predicted molar refractivity (Wildman–Crippen MR) is 142 cm³/mol. The van der Waals surface area contributed by atoms with Gasteiger partial charge in [0, 0.05) is 41.4 Å². The molecule has 0 spiro atoms. The number of carbonyl (C=O) groups is 2. The molecule has 2 aromatic rings. The second-order valence-electron chi connectivity index (χ2n) is 9.11. The van der Waals surface area contributed by atoms with Crippen LogP contribution in [0.1, 0.15) is 55.6 Å². The Morgan fingerprint density at radius 2 is 1.94 bits per heavy atom. The maximum Gasteiger partial charge on any atom is 0.251 e. The van der Waals surface area contributed by atoms with Gasteiger partial charge in [-0.15, -0.1) is 0 Å². The summed E-state index contributed by atoms with van der Waals surface area (Å²) in [6.07, 6.45) is 6.65. The summed E-state index contributed by atoms with van der Waals surface area (Å²) in [7, 11) is 0. The lowest BCUT2D eigenvalue weighted by Crippen LogP contribution is -2.27. The van der Waals surface area contributed by atoms with Crippen LogP contribution in [0.4, 0.5) is 11.4 Å². The van der Waals surface area contributed by atoms with Gasteiger partial charge in [0.05, 0.1) is 16.8 Å². The monoisotopic (exact) mass is 469 g/mol. The fraction of sp³-hybridized carbons (Fsp3) is 0.250. The minimum Gasteiger partial charge on any atom is -0.352 e. The largest absolute Gasteiger partial charge is 0.352 e. The Kier molecular flexibility index (Phi) is 6.60. The number of rotatable bonds is 6. The van der Waals surface area contributed by atoms with Crippen LogP contribution in [0.3, 0.4) is 0 Å². The van der Waals surface area contributed by atoms with E-state index in [1.54, 1.807) is 12.1 Å². The highest BCUT2D eigenvalue weighted by atomic mass is 16.2. The van der Waals surface area contributed by atoms with E-state index in [1.165, 1.54) is 0 Å². The molecule has 3 N–H and O–H groups in total. The van der Waals surface area contributed by atoms with E-state index in [-0.39, 0.29) is 11.8 Å². The van der Waals surface area contributed by atoms with E-state index in [2.05, 4.69) is 22.5 Å². The average Bonchev–Trinajstić information content (AvgIpc) is 3.07. The summed E-state index contributed by atoms with van der Waals surface area (Å²) in [5, 5.41) is 9.20. The average molecular weight is 470 g/mol. The van der Waals surface area contributed by atoms with Crippen molar-refractivity contribution in [3.8, 4) is 0 Å². The number of amides is 2. The van der Waals surface area contributed by atoms with Crippen LogP contribution < -0.4 is 16.0 Å². The number of fused-ring (bicyclic) bond motifs is 1. The van der Waals surface area contributed by atoms with Gasteiger partial charge in [-0.05, 0) is 63.1 Å². The van der Waals surface area contributed by atoms with E-state index in [4.69, 9.17) is 4.99 Å². The molecule has 0 saturated heterocycles. The quantitative estimate of drug-likeness (QED) is 0.541. The molecular weight excluding hydrogens is 438 g/mol. The van der Waals surface area contributed by atoms with Crippen molar-refractivity contribution < 1.29 is 9.59 Å².